The van der Waals surface area contributed by atoms with Gasteiger partial charge in [0.1, 0.15) is 6.04 Å². The van der Waals surface area contributed by atoms with Crippen molar-refractivity contribution in [1.29, 1.82) is 0 Å². The van der Waals surface area contributed by atoms with Crippen molar-refractivity contribution >= 4 is 29.4 Å². The van der Waals surface area contributed by atoms with Crippen molar-refractivity contribution in [1.82, 2.24) is 10.3 Å². The van der Waals surface area contributed by atoms with E-state index in [0.29, 0.717) is 5.69 Å². The minimum atomic E-state index is -1.25. The quantitative estimate of drug-likeness (QED) is 0.764. The Balaban J connectivity index is 2.76. The van der Waals surface area contributed by atoms with E-state index in [0.717, 1.165) is 0 Å². The number of esters is 1. The Hall–Kier alpha value is -2.15. The van der Waals surface area contributed by atoms with Crippen LogP contribution in [-0.2, 0) is 14.3 Å². The van der Waals surface area contributed by atoms with Crippen molar-refractivity contribution < 1.29 is 24.2 Å². The molecule has 114 valence electrons. The van der Waals surface area contributed by atoms with Crippen LogP contribution in [0.15, 0.2) is 12.3 Å². The molecule has 7 nitrogen and oxygen atoms in total. The predicted molar refractivity (Wildman–Crippen MR) is 74.1 cm³/mol. The van der Waals surface area contributed by atoms with Crippen molar-refractivity contribution in [2.75, 3.05) is 7.11 Å². The van der Waals surface area contributed by atoms with Crippen LogP contribution < -0.4 is 5.32 Å². The fraction of sp³-hybridized carbons (Fsp3) is 0.385. The first-order valence-electron chi connectivity index (χ1n) is 6.07. The fourth-order valence-corrected chi connectivity index (χ4v) is 1.84. The lowest BCUT2D eigenvalue weighted by Crippen LogP contribution is -2.41. The molecular weight excluding hydrogens is 300 g/mol. The maximum atomic E-state index is 12.0. The summed E-state index contributed by atoms with van der Waals surface area (Å²) in [4.78, 5) is 38.0. The third-order valence-corrected chi connectivity index (χ3v) is 3.02. The Morgan fingerprint density at radius 3 is 2.67 bits per heavy atom. The van der Waals surface area contributed by atoms with Gasteiger partial charge in [-0.1, -0.05) is 11.6 Å². The van der Waals surface area contributed by atoms with E-state index in [2.05, 4.69) is 15.0 Å². The van der Waals surface area contributed by atoms with Crippen LogP contribution in [0.3, 0.4) is 0 Å². The zero-order valence-corrected chi connectivity index (χ0v) is 12.3. The van der Waals surface area contributed by atoms with Gasteiger partial charge in [0, 0.05) is 18.3 Å². The number of nitrogens with one attached hydrogen (secondary N) is 1. The van der Waals surface area contributed by atoms with E-state index in [-0.39, 0.29) is 23.4 Å². The van der Waals surface area contributed by atoms with Crippen molar-refractivity contribution in [2.45, 2.75) is 25.8 Å². The lowest BCUT2D eigenvalue weighted by Gasteiger charge is -2.14. The number of carbonyl (C=O) groups is 3. The van der Waals surface area contributed by atoms with Gasteiger partial charge in [0.25, 0.3) is 5.91 Å². The van der Waals surface area contributed by atoms with Gasteiger partial charge in [-0.3, -0.25) is 14.6 Å². The molecule has 1 aromatic heterocycles. The summed E-state index contributed by atoms with van der Waals surface area (Å²) in [5.41, 5.74) is 0.712. The summed E-state index contributed by atoms with van der Waals surface area (Å²) >= 11 is 5.92. The van der Waals surface area contributed by atoms with E-state index in [1.807, 2.05) is 0 Å². The first-order valence-corrected chi connectivity index (χ1v) is 6.45. The highest BCUT2D eigenvalue weighted by Gasteiger charge is 2.23. The molecule has 0 fully saturated rings. The van der Waals surface area contributed by atoms with E-state index < -0.39 is 23.9 Å². The van der Waals surface area contributed by atoms with Crippen LogP contribution in [0.1, 0.15) is 28.9 Å². The van der Waals surface area contributed by atoms with E-state index in [1.54, 1.807) is 6.92 Å². The number of aryl methyl sites for hydroxylation is 1. The molecule has 8 heteroatoms. The molecule has 1 heterocycles. The number of pyridine rings is 1. The summed E-state index contributed by atoms with van der Waals surface area (Å²) < 4.78 is 4.43. The van der Waals surface area contributed by atoms with Crippen molar-refractivity contribution in [3.05, 3.63) is 28.5 Å². The Kier molecular flexibility index (Phi) is 6.10. The molecule has 0 radical (unpaired) electrons. The van der Waals surface area contributed by atoms with Gasteiger partial charge < -0.3 is 15.2 Å². The first-order chi connectivity index (χ1) is 9.85. The monoisotopic (exact) mass is 314 g/mol. The van der Waals surface area contributed by atoms with Gasteiger partial charge >= 0.3 is 11.9 Å². The number of rotatable bonds is 6. The summed E-state index contributed by atoms with van der Waals surface area (Å²) in [6, 6.07) is 0.287. The molecule has 21 heavy (non-hydrogen) atoms. The molecule has 2 N–H and O–H groups in total. The number of ether oxygens (including phenoxy) is 1. The minimum Gasteiger partial charge on any atom is -0.480 e. The molecule has 0 spiro atoms. The van der Waals surface area contributed by atoms with Crippen molar-refractivity contribution in [3.63, 3.8) is 0 Å². The Morgan fingerprint density at radius 2 is 2.14 bits per heavy atom. The third kappa shape index (κ3) is 5.03. The Labute approximate surface area is 126 Å². The number of halogens is 1. The normalized spacial score (nSPS) is 11.6. The summed E-state index contributed by atoms with van der Waals surface area (Å²) in [7, 11) is 1.20. The zero-order valence-electron chi connectivity index (χ0n) is 11.6. The van der Waals surface area contributed by atoms with Gasteiger partial charge in [-0.25, -0.2) is 4.79 Å². The number of aliphatic carboxylic acids is 1. The van der Waals surface area contributed by atoms with Gasteiger partial charge in [-0.05, 0) is 19.4 Å². The highest BCUT2D eigenvalue weighted by molar-refractivity contribution is 6.33. The van der Waals surface area contributed by atoms with E-state index in [1.165, 1.54) is 19.4 Å². The number of hydrogen-bond acceptors (Lipinski definition) is 5. The molecule has 1 amide bonds. The summed E-state index contributed by atoms with van der Waals surface area (Å²) in [6.45, 7) is 1.71. The van der Waals surface area contributed by atoms with Gasteiger partial charge in [0.05, 0.1) is 17.7 Å². The molecule has 0 unspecified atom stereocenters. The van der Waals surface area contributed by atoms with Crippen LogP contribution in [0.5, 0.6) is 0 Å². The molecule has 1 aromatic rings. The standard InChI is InChI=1S/C13H15ClN2O5/c1-7-5-9(14)8(6-15-7)12(18)16-10(13(19)20)3-4-11(17)21-2/h5-6,10H,3-4H2,1-2H3,(H,16,18)(H,19,20)/t10-/m1/s1. The van der Waals surface area contributed by atoms with Crippen molar-refractivity contribution in [3.8, 4) is 0 Å². The second-order valence-electron chi connectivity index (χ2n) is 4.28. The Bertz CT molecular complexity index is 561. The van der Waals surface area contributed by atoms with Crippen LogP contribution >= 0.6 is 11.6 Å². The molecule has 0 aliphatic rings. The van der Waals surface area contributed by atoms with Gasteiger partial charge in [0.15, 0.2) is 0 Å². The molecular formula is C13H15ClN2O5. The second-order valence-corrected chi connectivity index (χ2v) is 4.69. The Morgan fingerprint density at radius 1 is 1.48 bits per heavy atom. The van der Waals surface area contributed by atoms with Crippen LogP contribution in [0.4, 0.5) is 0 Å². The van der Waals surface area contributed by atoms with Gasteiger partial charge in [0.2, 0.25) is 0 Å². The zero-order chi connectivity index (χ0) is 16.0. The molecule has 1 rings (SSSR count). The number of amides is 1. The number of carboxylic acids is 1. The number of methoxy groups -OCH3 is 1. The highest BCUT2D eigenvalue weighted by Crippen LogP contribution is 2.16. The number of carbonyl (C=O) groups excluding carboxylic acids is 2. The average molecular weight is 315 g/mol. The molecule has 0 aliphatic heterocycles. The number of aromatic nitrogens is 1. The van der Waals surface area contributed by atoms with Crippen molar-refractivity contribution in [2.24, 2.45) is 0 Å². The maximum absolute atomic E-state index is 12.0. The number of hydrogen-bond donors (Lipinski definition) is 2. The molecule has 0 saturated heterocycles. The topological polar surface area (TPSA) is 106 Å². The van der Waals surface area contributed by atoms with Gasteiger partial charge in [-0.2, -0.15) is 0 Å². The van der Waals surface area contributed by atoms with E-state index >= 15 is 0 Å². The summed E-state index contributed by atoms with van der Waals surface area (Å²) in [5, 5.41) is 11.5. The van der Waals surface area contributed by atoms with E-state index in [4.69, 9.17) is 16.7 Å². The van der Waals surface area contributed by atoms with Crippen LogP contribution in [0.2, 0.25) is 5.02 Å². The number of nitrogens with zero attached hydrogens (tertiary/aromatic N) is 1. The lowest BCUT2D eigenvalue weighted by atomic mass is 10.1. The first kappa shape index (κ1) is 16.9. The molecule has 0 bridgehead atoms. The van der Waals surface area contributed by atoms with Crippen LogP contribution in [-0.4, -0.2) is 41.1 Å². The lowest BCUT2D eigenvalue weighted by molar-refractivity contribution is -0.142. The molecule has 1 atom stereocenters. The third-order valence-electron chi connectivity index (χ3n) is 2.70. The molecule has 0 saturated carbocycles. The van der Waals surface area contributed by atoms with Crippen LogP contribution in [0.25, 0.3) is 0 Å². The largest absolute Gasteiger partial charge is 0.480 e. The number of carboxylic acid groups (broad SMARTS) is 1. The van der Waals surface area contributed by atoms with Gasteiger partial charge in [-0.15, -0.1) is 0 Å². The predicted octanol–water partition coefficient (Wildman–Crippen LogP) is 1.18. The van der Waals surface area contributed by atoms with E-state index in [9.17, 15) is 14.4 Å². The molecule has 0 aliphatic carbocycles. The SMILES string of the molecule is COC(=O)CC[C@@H](NC(=O)c1cnc(C)cc1Cl)C(=O)O. The minimum absolute atomic E-state index is 0.0755. The summed E-state index contributed by atoms with van der Waals surface area (Å²) in [6.07, 6.45) is 1.07. The average Bonchev–Trinajstić information content (AvgIpc) is 2.42. The fourth-order valence-electron chi connectivity index (χ4n) is 1.55. The molecule has 0 aromatic carbocycles. The summed E-state index contributed by atoms with van der Waals surface area (Å²) in [5.74, 6) is -2.46. The smallest absolute Gasteiger partial charge is 0.326 e. The highest BCUT2D eigenvalue weighted by atomic mass is 35.5. The maximum Gasteiger partial charge on any atom is 0.326 e. The second kappa shape index (κ2) is 7.58. The van der Waals surface area contributed by atoms with Crippen LogP contribution in [0, 0.1) is 6.92 Å².